The fourth-order valence-corrected chi connectivity index (χ4v) is 4.15. The number of amides is 1. The van der Waals surface area contributed by atoms with Gasteiger partial charge in [0.05, 0.1) is 6.04 Å². The average molecular weight is 340 g/mol. The number of carbonyl (C=O) groups excluding carboxylic acids is 1. The van der Waals surface area contributed by atoms with E-state index in [4.69, 9.17) is 0 Å². The Bertz CT molecular complexity index is 708. The Kier molecular flexibility index (Phi) is 4.30. The highest BCUT2D eigenvalue weighted by atomic mass is 32.1. The molecule has 1 amide bonds. The van der Waals surface area contributed by atoms with E-state index in [2.05, 4.69) is 27.1 Å². The van der Waals surface area contributed by atoms with Gasteiger partial charge in [-0.15, -0.1) is 11.3 Å². The van der Waals surface area contributed by atoms with Gasteiger partial charge in [0.1, 0.15) is 0 Å². The molecule has 1 unspecified atom stereocenters. The molecule has 1 fully saturated rings. The van der Waals surface area contributed by atoms with Crippen molar-refractivity contribution in [3.63, 3.8) is 0 Å². The van der Waals surface area contributed by atoms with Gasteiger partial charge in [-0.05, 0) is 18.4 Å². The van der Waals surface area contributed by atoms with Crippen LogP contribution < -0.4 is 4.90 Å². The topological polar surface area (TPSA) is 48.8 Å². The summed E-state index contributed by atoms with van der Waals surface area (Å²) in [5.74, 6) is 0.221. The molecule has 1 aromatic carbocycles. The predicted octanol–water partition coefficient (Wildman–Crippen LogP) is 3.32. The van der Waals surface area contributed by atoms with Crippen molar-refractivity contribution in [3.8, 4) is 0 Å². The number of piperidine rings is 1. The third-order valence-electron chi connectivity index (χ3n) is 4.77. The maximum Gasteiger partial charge on any atom is 0.246 e. The quantitative estimate of drug-likeness (QED) is 0.861. The third-order valence-corrected chi connectivity index (χ3v) is 5.61. The molecule has 2 aliphatic rings. The van der Waals surface area contributed by atoms with Crippen molar-refractivity contribution in [1.82, 2.24) is 9.99 Å². The predicted molar refractivity (Wildman–Crippen MR) is 96.2 cm³/mol. The Morgan fingerprint density at radius 3 is 2.67 bits per heavy atom. The van der Waals surface area contributed by atoms with Crippen LogP contribution in [-0.2, 0) is 4.79 Å². The second-order valence-electron chi connectivity index (χ2n) is 6.22. The molecule has 0 bridgehead atoms. The molecule has 5 nitrogen and oxygen atoms in total. The lowest BCUT2D eigenvalue weighted by atomic mass is 9.94. The number of rotatable bonds is 3. The van der Waals surface area contributed by atoms with Crippen LogP contribution in [0.1, 0.15) is 30.9 Å². The van der Waals surface area contributed by atoms with Crippen molar-refractivity contribution in [2.75, 3.05) is 18.0 Å². The Labute approximate surface area is 145 Å². The highest BCUT2D eigenvalue weighted by molar-refractivity contribution is 7.13. The van der Waals surface area contributed by atoms with Crippen LogP contribution in [0, 0.1) is 5.92 Å². The van der Waals surface area contributed by atoms with Gasteiger partial charge in [-0.2, -0.15) is 5.10 Å². The van der Waals surface area contributed by atoms with Gasteiger partial charge in [-0.3, -0.25) is 4.79 Å². The van der Waals surface area contributed by atoms with Gasteiger partial charge in [0.15, 0.2) is 5.13 Å². The van der Waals surface area contributed by atoms with Crippen LogP contribution in [-0.4, -0.2) is 35.2 Å². The lowest BCUT2D eigenvalue weighted by Crippen LogP contribution is -2.41. The first-order valence-electron chi connectivity index (χ1n) is 8.38. The average Bonchev–Trinajstić information content (AvgIpc) is 3.34. The summed E-state index contributed by atoms with van der Waals surface area (Å²) < 4.78 is 0. The van der Waals surface area contributed by atoms with E-state index in [1.54, 1.807) is 16.3 Å². The highest BCUT2D eigenvalue weighted by Gasteiger charge is 2.34. The van der Waals surface area contributed by atoms with E-state index in [1.807, 2.05) is 36.0 Å². The van der Waals surface area contributed by atoms with Crippen molar-refractivity contribution in [2.24, 2.45) is 11.0 Å². The van der Waals surface area contributed by atoms with E-state index in [-0.39, 0.29) is 17.9 Å². The number of anilines is 1. The van der Waals surface area contributed by atoms with Crippen LogP contribution >= 0.6 is 11.3 Å². The molecule has 4 rings (SSSR count). The molecule has 6 heteroatoms. The minimum Gasteiger partial charge on any atom is -0.348 e. The standard InChI is InChI=1S/C18H20N4OS/c23-17(15-7-11-21(12-8-15)18-19-10-13-24-18)22-16(6-9-20-22)14-4-2-1-3-5-14/h1-5,9-10,13,15-16H,6-8,11-12H2. The monoisotopic (exact) mass is 340 g/mol. The van der Waals surface area contributed by atoms with Gasteiger partial charge in [0.2, 0.25) is 5.91 Å². The molecule has 24 heavy (non-hydrogen) atoms. The molecule has 3 heterocycles. The van der Waals surface area contributed by atoms with E-state index in [9.17, 15) is 4.79 Å². The van der Waals surface area contributed by atoms with Crippen LogP contribution in [0.2, 0.25) is 0 Å². The number of hydrazone groups is 1. The molecule has 0 aliphatic carbocycles. The first kappa shape index (κ1) is 15.3. The van der Waals surface area contributed by atoms with Crippen molar-refractivity contribution >= 4 is 28.6 Å². The summed E-state index contributed by atoms with van der Waals surface area (Å²) in [6.07, 6.45) is 6.23. The molecular formula is C18H20N4OS. The Morgan fingerprint density at radius 2 is 1.96 bits per heavy atom. The van der Waals surface area contributed by atoms with Gasteiger partial charge in [-0.25, -0.2) is 9.99 Å². The van der Waals surface area contributed by atoms with E-state index in [0.29, 0.717) is 0 Å². The lowest BCUT2D eigenvalue weighted by molar-refractivity contribution is -0.138. The van der Waals surface area contributed by atoms with Crippen molar-refractivity contribution in [3.05, 3.63) is 47.5 Å². The number of hydrogen-bond acceptors (Lipinski definition) is 5. The second-order valence-corrected chi connectivity index (χ2v) is 7.09. The first-order chi connectivity index (χ1) is 11.8. The zero-order chi connectivity index (χ0) is 16.4. The molecule has 1 atom stereocenters. The molecular weight excluding hydrogens is 320 g/mol. The van der Waals surface area contributed by atoms with Crippen LogP contribution in [0.15, 0.2) is 47.0 Å². The molecule has 1 aromatic heterocycles. The smallest absolute Gasteiger partial charge is 0.246 e. The van der Waals surface area contributed by atoms with E-state index in [0.717, 1.165) is 43.0 Å². The van der Waals surface area contributed by atoms with Crippen molar-refractivity contribution < 1.29 is 4.79 Å². The summed E-state index contributed by atoms with van der Waals surface area (Å²) in [4.78, 5) is 19.6. The highest BCUT2D eigenvalue weighted by Crippen LogP contribution is 2.32. The normalized spacial score (nSPS) is 21.4. The summed E-state index contributed by atoms with van der Waals surface area (Å²) in [6.45, 7) is 1.77. The zero-order valence-electron chi connectivity index (χ0n) is 13.4. The Morgan fingerprint density at radius 1 is 1.17 bits per heavy atom. The number of thiazole rings is 1. The lowest BCUT2D eigenvalue weighted by Gasteiger charge is -2.33. The number of benzene rings is 1. The fraction of sp³-hybridized carbons (Fsp3) is 0.389. The van der Waals surface area contributed by atoms with Gasteiger partial charge < -0.3 is 4.90 Å². The van der Waals surface area contributed by atoms with Crippen molar-refractivity contribution in [2.45, 2.75) is 25.3 Å². The molecule has 0 radical (unpaired) electrons. The minimum absolute atomic E-state index is 0.0516. The van der Waals surface area contributed by atoms with Gasteiger partial charge in [0, 0.05) is 43.2 Å². The van der Waals surface area contributed by atoms with Gasteiger partial charge in [0.25, 0.3) is 0 Å². The number of hydrogen-bond donors (Lipinski definition) is 0. The molecule has 2 aliphatic heterocycles. The van der Waals surface area contributed by atoms with Gasteiger partial charge in [-0.1, -0.05) is 30.3 Å². The largest absolute Gasteiger partial charge is 0.348 e. The third kappa shape index (κ3) is 2.94. The number of carbonyl (C=O) groups is 1. The summed E-state index contributed by atoms with van der Waals surface area (Å²) >= 11 is 1.66. The zero-order valence-corrected chi connectivity index (χ0v) is 14.2. The molecule has 1 saturated heterocycles. The van der Waals surface area contributed by atoms with Crippen LogP contribution in [0.4, 0.5) is 5.13 Å². The molecule has 124 valence electrons. The van der Waals surface area contributed by atoms with Crippen LogP contribution in [0.25, 0.3) is 0 Å². The van der Waals surface area contributed by atoms with Gasteiger partial charge >= 0.3 is 0 Å². The fourth-order valence-electron chi connectivity index (χ4n) is 3.46. The first-order valence-corrected chi connectivity index (χ1v) is 9.26. The molecule has 0 N–H and O–H groups in total. The summed E-state index contributed by atoms with van der Waals surface area (Å²) in [6, 6.07) is 10.2. The maximum absolute atomic E-state index is 13.0. The van der Waals surface area contributed by atoms with E-state index < -0.39 is 0 Å². The SMILES string of the molecule is O=C(C1CCN(c2nccs2)CC1)N1N=CCC1c1ccccc1. The maximum atomic E-state index is 13.0. The molecule has 0 saturated carbocycles. The minimum atomic E-state index is 0.0516. The summed E-state index contributed by atoms with van der Waals surface area (Å²) in [5.41, 5.74) is 1.16. The molecule has 2 aromatic rings. The van der Waals surface area contributed by atoms with Crippen LogP contribution in [0.5, 0.6) is 0 Å². The van der Waals surface area contributed by atoms with E-state index >= 15 is 0 Å². The number of nitrogens with zero attached hydrogens (tertiary/aromatic N) is 4. The van der Waals surface area contributed by atoms with Crippen molar-refractivity contribution in [1.29, 1.82) is 0 Å². The summed E-state index contributed by atoms with van der Waals surface area (Å²) in [7, 11) is 0. The van der Waals surface area contributed by atoms with Crippen LogP contribution in [0.3, 0.4) is 0 Å². The molecule has 0 spiro atoms. The number of aromatic nitrogens is 1. The van der Waals surface area contributed by atoms with E-state index in [1.165, 1.54) is 0 Å². The Hall–Kier alpha value is -2.21. The Balaban J connectivity index is 1.42. The summed E-state index contributed by atoms with van der Waals surface area (Å²) in [5, 5.41) is 9.13. The second kappa shape index (κ2) is 6.73.